The van der Waals surface area contributed by atoms with Gasteiger partial charge in [-0.1, -0.05) is 18.2 Å². The zero-order valence-corrected chi connectivity index (χ0v) is 20.6. The molecule has 0 aliphatic rings. The maximum atomic E-state index is 12.6. The molecular formula is C27H23N5O3S. The van der Waals surface area contributed by atoms with Crippen molar-refractivity contribution >= 4 is 50.3 Å². The molecule has 3 heterocycles. The third-order valence-corrected chi connectivity index (χ3v) is 6.80. The lowest BCUT2D eigenvalue weighted by molar-refractivity contribution is 0.0951. The minimum absolute atomic E-state index is 0.119. The highest BCUT2D eigenvalue weighted by atomic mass is 32.1. The maximum Gasteiger partial charge on any atom is 0.349 e. The van der Waals surface area contributed by atoms with Crippen molar-refractivity contribution in [3.05, 3.63) is 88.4 Å². The molecule has 180 valence electrons. The molecule has 3 aromatic heterocycles. The fourth-order valence-corrected chi connectivity index (χ4v) is 4.82. The molecule has 0 spiro atoms. The van der Waals surface area contributed by atoms with E-state index in [9.17, 15) is 9.59 Å². The lowest BCUT2D eigenvalue weighted by Gasteiger charge is -2.20. The van der Waals surface area contributed by atoms with Gasteiger partial charge in [-0.05, 0) is 56.3 Å². The van der Waals surface area contributed by atoms with Crippen molar-refractivity contribution in [1.82, 2.24) is 15.4 Å². The van der Waals surface area contributed by atoms with Crippen LogP contribution in [0.25, 0.3) is 31.9 Å². The molecule has 0 radical (unpaired) electrons. The van der Waals surface area contributed by atoms with Crippen molar-refractivity contribution in [1.29, 1.82) is 0 Å². The van der Waals surface area contributed by atoms with Gasteiger partial charge in [-0.15, -0.1) is 11.3 Å². The van der Waals surface area contributed by atoms with Crippen molar-refractivity contribution < 1.29 is 9.21 Å². The van der Waals surface area contributed by atoms with Crippen LogP contribution in [0.15, 0.2) is 81.0 Å². The quantitative estimate of drug-likeness (QED) is 0.191. The first-order chi connectivity index (χ1) is 17.6. The Kier molecular flexibility index (Phi) is 6.55. The summed E-state index contributed by atoms with van der Waals surface area (Å²) in [5.41, 5.74) is 5.12. The summed E-state index contributed by atoms with van der Waals surface area (Å²) in [7, 11) is 0. The van der Waals surface area contributed by atoms with Gasteiger partial charge in [-0.3, -0.25) is 4.79 Å². The Morgan fingerprint density at radius 1 is 1.06 bits per heavy atom. The van der Waals surface area contributed by atoms with Crippen LogP contribution in [0.2, 0.25) is 0 Å². The van der Waals surface area contributed by atoms with Gasteiger partial charge >= 0.3 is 5.63 Å². The standard InChI is InChI=1S/C27H23N5O3S/c1-3-32(4-2)19-13-12-17-14-20(27(34)35-23(17)15-19)25(33)31-28-16-18-8-7-10-22(29-18)26-30-21-9-5-6-11-24(21)36-26/h5-16H,3-4H2,1-2H3,(H,31,33). The molecule has 5 aromatic rings. The molecule has 1 N–H and O–H groups in total. The topological polar surface area (TPSA) is 101 Å². The van der Waals surface area contributed by atoms with Crippen LogP contribution in [-0.4, -0.2) is 35.2 Å². The fraction of sp³-hybridized carbons (Fsp3) is 0.148. The van der Waals surface area contributed by atoms with E-state index < -0.39 is 11.5 Å². The number of rotatable bonds is 7. The number of nitrogens with zero attached hydrogens (tertiary/aromatic N) is 4. The van der Waals surface area contributed by atoms with Crippen LogP contribution in [0.1, 0.15) is 29.9 Å². The Bertz CT molecular complexity index is 1620. The first-order valence-electron chi connectivity index (χ1n) is 11.5. The molecule has 5 rings (SSSR count). The largest absolute Gasteiger partial charge is 0.422 e. The van der Waals surface area contributed by atoms with Gasteiger partial charge in [0.1, 0.15) is 16.2 Å². The minimum Gasteiger partial charge on any atom is -0.422 e. The fourth-order valence-electron chi connectivity index (χ4n) is 3.89. The van der Waals surface area contributed by atoms with Crippen molar-refractivity contribution in [2.45, 2.75) is 13.8 Å². The Morgan fingerprint density at radius 2 is 1.89 bits per heavy atom. The Hall–Kier alpha value is -4.37. The Balaban J connectivity index is 1.33. The predicted molar refractivity (Wildman–Crippen MR) is 144 cm³/mol. The number of fused-ring (bicyclic) bond motifs is 2. The van der Waals surface area contributed by atoms with Crippen LogP contribution in [0.5, 0.6) is 0 Å². The van der Waals surface area contributed by atoms with Crippen molar-refractivity contribution in [2.24, 2.45) is 5.10 Å². The van der Waals surface area contributed by atoms with E-state index in [0.717, 1.165) is 34.0 Å². The van der Waals surface area contributed by atoms with Crippen molar-refractivity contribution in [3.8, 4) is 10.7 Å². The highest BCUT2D eigenvalue weighted by Crippen LogP contribution is 2.28. The van der Waals surface area contributed by atoms with E-state index in [1.165, 1.54) is 12.3 Å². The SMILES string of the molecule is CCN(CC)c1ccc2cc(C(=O)NN=Cc3cccc(-c4nc5ccccc5s4)n3)c(=O)oc2c1. The summed E-state index contributed by atoms with van der Waals surface area (Å²) in [6, 6.07) is 20.5. The molecule has 0 saturated heterocycles. The number of carbonyl (C=O) groups is 1. The second kappa shape index (κ2) is 10.1. The van der Waals surface area contributed by atoms with Crippen LogP contribution >= 0.6 is 11.3 Å². The smallest absolute Gasteiger partial charge is 0.349 e. The molecule has 0 atom stereocenters. The summed E-state index contributed by atoms with van der Waals surface area (Å²) in [6.07, 6.45) is 1.42. The number of nitrogens with one attached hydrogen (secondary N) is 1. The number of hydrogen-bond acceptors (Lipinski definition) is 8. The molecule has 9 heteroatoms. The third kappa shape index (κ3) is 4.73. The number of hydrogen-bond donors (Lipinski definition) is 1. The van der Waals surface area contributed by atoms with Gasteiger partial charge in [0.15, 0.2) is 0 Å². The molecular weight excluding hydrogens is 474 g/mol. The van der Waals surface area contributed by atoms with Gasteiger partial charge in [-0.25, -0.2) is 20.2 Å². The molecule has 0 aliphatic heterocycles. The normalized spacial score (nSPS) is 11.4. The van der Waals surface area contributed by atoms with Crippen LogP contribution in [0.4, 0.5) is 5.69 Å². The molecule has 8 nitrogen and oxygen atoms in total. The first-order valence-corrected chi connectivity index (χ1v) is 12.4. The van der Waals surface area contributed by atoms with Crippen LogP contribution in [0, 0.1) is 0 Å². The molecule has 2 aromatic carbocycles. The molecule has 1 amide bonds. The Morgan fingerprint density at radius 3 is 2.69 bits per heavy atom. The number of benzene rings is 2. The zero-order valence-electron chi connectivity index (χ0n) is 19.8. The van der Waals surface area contributed by atoms with Crippen molar-refractivity contribution in [3.63, 3.8) is 0 Å². The number of anilines is 1. The molecule has 0 fully saturated rings. The first kappa shape index (κ1) is 23.4. The van der Waals surface area contributed by atoms with Gasteiger partial charge in [0.05, 0.1) is 27.8 Å². The van der Waals surface area contributed by atoms with Gasteiger partial charge in [0.2, 0.25) is 0 Å². The van der Waals surface area contributed by atoms with E-state index >= 15 is 0 Å². The highest BCUT2D eigenvalue weighted by molar-refractivity contribution is 7.21. The summed E-state index contributed by atoms with van der Waals surface area (Å²) >= 11 is 1.56. The number of thiazole rings is 1. The molecule has 0 bridgehead atoms. The van der Waals surface area contributed by atoms with Gasteiger partial charge in [0, 0.05) is 30.2 Å². The number of pyridine rings is 1. The van der Waals surface area contributed by atoms with E-state index in [4.69, 9.17) is 4.42 Å². The van der Waals surface area contributed by atoms with Crippen LogP contribution in [0.3, 0.4) is 0 Å². The van der Waals surface area contributed by atoms with Crippen molar-refractivity contribution in [2.75, 3.05) is 18.0 Å². The number of amides is 1. The minimum atomic E-state index is -0.720. The van der Waals surface area contributed by atoms with Crippen LogP contribution in [-0.2, 0) is 0 Å². The van der Waals surface area contributed by atoms with E-state index in [1.807, 2.05) is 54.6 Å². The number of para-hydroxylation sites is 1. The second-order valence-electron chi connectivity index (χ2n) is 7.98. The second-order valence-corrected chi connectivity index (χ2v) is 9.01. The number of aromatic nitrogens is 2. The van der Waals surface area contributed by atoms with Crippen LogP contribution < -0.4 is 16.0 Å². The zero-order chi connectivity index (χ0) is 25.1. The summed E-state index contributed by atoms with van der Waals surface area (Å²) < 4.78 is 6.52. The summed E-state index contributed by atoms with van der Waals surface area (Å²) in [6.45, 7) is 5.79. The van der Waals surface area contributed by atoms with Gasteiger partial charge in [-0.2, -0.15) is 5.10 Å². The highest BCUT2D eigenvalue weighted by Gasteiger charge is 2.14. The van der Waals surface area contributed by atoms with E-state index in [1.54, 1.807) is 17.4 Å². The lowest BCUT2D eigenvalue weighted by Crippen LogP contribution is -2.24. The molecule has 0 aliphatic carbocycles. The lowest BCUT2D eigenvalue weighted by atomic mass is 10.1. The molecule has 0 unspecified atom stereocenters. The molecule has 0 saturated carbocycles. The summed E-state index contributed by atoms with van der Waals surface area (Å²) in [4.78, 5) is 36.5. The van der Waals surface area contributed by atoms with Gasteiger partial charge < -0.3 is 9.32 Å². The van der Waals surface area contributed by atoms with E-state index in [0.29, 0.717) is 22.4 Å². The number of hydrazone groups is 1. The number of carbonyl (C=O) groups excluding carboxylic acids is 1. The Labute approximate surface area is 210 Å². The summed E-state index contributed by atoms with van der Waals surface area (Å²) in [5, 5.41) is 5.44. The summed E-state index contributed by atoms with van der Waals surface area (Å²) in [5.74, 6) is -0.656. The monoisotopic (exact) mass is 497 g/mol. The third-order valence-electron chi connectivity index (χ3n) is 5.74. The molecule has 36 heavy (non-hydrogen) atoms. The average Bonchev–Trinajstić information content (AvgIpc) is 3.34. The maximum absolute atomic E-state index is 12.6. The van der Waals surface area contributed by atoms with E-state index in [2.05, 4.69) is 39.2 Å². The predicted octanol–water partition coefficient (Wildman–Crippen LogP) is 5.07. The van der Waals surface area contributed by atoms with Gasteiger partial charge in [0.25, 0.3) is 5.91 Å². The average molecular weight is 498 g/mol. The van der Waals surface area contributed by atoms with E-state index in [-0.39, 0.29) is 5.56 Å².